The van der Waals surface area contributed by atoms with E-state index in [4.69, 9.17) is 4.74 Å². The first-order valence-electron chi connectivity index (χ1n) is 11.9. The lowest BCUT2D eigenvalue weighted by Gasteiger charge is -2.07. The smallest absolute Gasteiger partial charge is 0.119 e. The summed E-state index contributed by atoms with van der Waals surface area (Å²) in [5, 5.41) is 8.83. The van der Waals surface area contributed by atoms with Crippen LogP contribution in [0.2, 0.25) is 0 Å². The SMILES string of the molecule is CCCCCCCCCOc1ccc(-c2ccc(CCCCCCC)nn2)cc1. The fourth-order valence-corrected chi connectivity index (χ4v) is 3.53. The van der Waals surface area contributed by atoms with Crippen LogP contribution in [0.4, 0.5) is 0 Å². The van der Waals surface area contributed by atoms with Crippen LogP contribution in [0.1, 0.15) is 96.6 Å². The lowest BCUT2D eigenvalue weighted by Crippen LogP contribution is -1.98. The first-order valence-corrected chi connectivity index (χ1v) is 11.9. The summed E-state index contributed by atoms with van der Waals surface area (Å²) >= 11 is 0. The van der Waals surface area contributed by atoms with Crippen molar-refractivity contribution < 1.29 is 4.74 Å². The first kappa shape index (κ1) is 23.4. The first-order chi connectivity index (χ1) is 14.3. The molecule has 29 heavy (non-hydrogen) atoms. The molecule has 0 bridgehead atoms. The van der Waals surface area contributed by atoms with E-state index in [9.17, 15) is 0 Å². The minimum absolute atomic E-state index is 0.805. The molecule has 0 aliphatic carbocycles. The highest BCUT2D eigenvalue weighted by Crippen LogP contribution is 2.21. The standard InChI is InChI=1S/C26H40N2O/c1-3-5-7-9-10-12-14-22-29-25-19-16-23(17-20-25)26-21-18-24(27-28-26)15-13-11-8-6-4-2/h16-21H,3-15,22H2,1-2H3. The Morgan fingerprint density at radius 1 is 0.621 bits per heavy atom. The summed E-state index contributed by atoms with van der Waals surface area (Å²) < 4.78 is 5.88. The third-order valence-corrected chi connectivity index (χ3v) is 5.42. The third-order valence-electron chi connectivity index (χ3n) is 5.42. The second-order valence-corrected chi connectivity index (χ2v) is 8.07. The fraction of sp³-hybridized carbons (Fsp3) is 0.615. The van der Waals surface area contributed by atoms with Gasteiger partial charge >= 0.3 is 0 Å². The molecule has 2 aromatic rings. The largest absolute Gasteiger partial charge is 0.494 e. The molecule has 1 aromatic heterocycles. The van der Waals surface area contributed by atoms with Crippen LogP contribution < -0.4 is 4.74 Å². The van der Waals surface area contributed by atoms with Crippen molar-refractivity contribution in [3.05, 3.63) is 42.1 Å². The quantitative estimate of drug-likeness (QED) is 0.272. The Bertz CT molecular complexity index is 637. The Labute approximate surface area is 178 Å². The van der Waals surface area contributed by atoms with E-state index in [1.54, 1.807) is 0 Å². The van der Waals surface area contributed by atoms with Crippen LogP contribution in [-0.4, -0.2) is 16.8 Å². The number of ether oxygens (including phenoxy) is 1. The maximum Gasteiger partial charge on any atom is 0.119 e. The lowest BCUT2D eigenvalue weighted by atomic mass is 10.1. The molecule has 160 valence electrons. The zero-order valence-electron chi connectivity index (χ0n) is 18.7. The number of aromatic nitrogens is 2. The minimum atomic E-state index is 0.805. The molecule has 0 amide bonds. The molecule has 0 spiro atoms. The number of hydrogen-bond donors (Lipinski definition) is 0. The number of rotatable bonds is 16. The molecule has 1 aromatic carbocycles. The van der Waals surface area contributed by atoms with Crippen molar-refractivity contribution in [1.82, 2.24) is 10.2 Å². The molecule has 3 heteroatoms. The molecule has 0 fully saturated rings. The van der Waals surface area contributed by atoms with Gasteiger partial charge in [-0.25, -0.2) is 0 Å². The molecular formula is C26H40N2O. The molecule has 2 rings (SSSR count). The molecule has 0 aliphatic rings. The van der Waals surface area contributed by atoms with E-state index in [1.165, 1.54) is 70.6 Å². The second-order valence-electron chi connectivity index (χ2n) is 8.07. The van der Waals surface area contributed by atoms with Crippen LogP contribution in [-0.2, 0) is 6.42 Å². The Morgan fingerprint density at radius 2 is 1.24 bits per heavy atom. The van der Waals surface area contributed by atoms with E-state index >= 15 is 0 Å². The van der Waals surface area contributed by atoms with Crippen LogP contribution in [0.5, 0.6) is 5.75 Å². The number of unbranched alkanes of at least 4 members (excludes halogenated alkanes) is 10. The predicted octanol–water partition coefficient (Wildman–Crippen LogP) is 7.79. The van der Waals surface area contributed by atoms with E-state index in [-0.39, 0.29) is 0 Å². The molecule has 0 unspecified atom stereocenters. The molecule has 0 aliphatic heterocycles. The van der Waals surface area contributed by atoms with Gasteiger partial charge < -0.3 is 4.74 Å². The Balaban J connectivity index is 1.67. The van der Waals surface area contributed by atoms with Crippen molar-refractivity contribution >= 4 is 0 Å². The monoisotopic (exact) mass is 396 g/mol. The van der Waals surface area contributed by atoms with Gasteiger partial charge in [-0.05, 0) is 55.7 Å². The summed E-state index contributed by atoms with van der Waals surface area (Å²) in [5.74, 6) is 0.941. The van der Waals surface area contributed by atoms with Crippen molar-refractivity contribution in [2.45, 2.75) is 97.3 Å². The number of benzene rings is 1. The van der Waals surface area contributed by atoms with Gasteiger partial charge in [0, 0.05) is 5.56 Å². The zero-order chi connectivity index (χ0) is 20.6. The van der Waals surface area contributed by atoms with Gasteiger partial charge in [-0.2, -0.15) is 10.2 Å². The highest BCUT2D eigenvalue weighted by atomic mass is 16.5. The van der Waals surface area contributed by atoms with Crippen molar-refractivity contribution in [1.29, 1.82) is 0 Å². The van der Waals surface area contributed by atoms with E-state index in [0.29, 0.717) is 0 Å². The third kappa shape index (κ3) is 9.92. The van der Waals surface area contributed by atoms with Gasteiger partial charge in [0.1, 0.15) is 5.75 Å². The Hall–Kier alpha value is -1.90. The normalized spacial score (nSPS) is 11.0. The fourth-order valence-electron chi connectivity index (χ4n) is 3.53. The van der Waals surface area contributed by atoms with E-state index < -0.39 is 0 Å². The molecule has 0 N–H and O–H groups in total. The number of nitrogens with zero attached hydrogens (tertiary/aromatic N) is 2. The van der Waals surface area contributed by atoms with Gasteiger partial charge in [0.05, 0.1) is 18.0 Å². The summed E-state index contributed by atoms with van der Waals surface area (Å²) in [6.45, 7) is 5.32. The van der Waals surface area contributed by atoms with Crippen LogP contribution in [0.25, 0.3) is 11.3 Å². The van der Waals surface area contributed by atoms with Gasteiger partial charge in [-0.1, -0.05) is 78.1 Å². The molecule has 0 saturated heterocycles. The summed E-state index contributed by atoms with van der Waals surface area (Å²) in [6.07, 6.45) is 16.6. The molecule has 0 saturated carbocycles. The molecule has 0 atom stereocenters. The highest BCUT2D eigenvalue weighted by Gasteiger charge is 2.03. The number of aryl methyl sites for hydroxylation is 1. The van der Waals surface area contributed by atoms with Gasteiger partial charge in [0.25, 0.3) is 0 Å². The Morgan fingerprint density at radius 3 is 1.86 bits per heavy atom. The topological polar surface area (TPSA) is 35.0 Å². The molecule has 3 nitrogen and oxygen atoms in total. The molecule has 1 heterocycles. The summed E-state index contributed by atoms with van der Waals surface area (Å²) in [7, 11) is 0. The zero-order valence-corrected chi connectivity index (χ0v) is 18.7. The summed E-state index contributed by atoms with van der Waals surface area (Å²) in [5.41, 5.74) is 3.12. The van der Waals surface area contributed by atoms with Crippen LogP contribution in [0.15, 0.2) is 36.4 Å². The minimum Gasteiger partial charge on any atom is -0.494 e. The summed E-state index contributed by atoms with van der Waals surface area (Å²) in [6, 6.07) is 12.4. The van der Waals surface area contributed by atoms with Crippen LogP contribution in [0, 0.1) is 0 Å². The van der Waals surface area contributed by atoms with Crippen LogP contribution >= 0.6 is 0 Å². The van der Waals surface area contributed by atoms with E-state index in [0.717, 1.165) is 42.1 Å². The average Bonchev–Trinajstić information content (AvgIpc) is 2.76. The van der Waals surface area contributed by atoms with Crippen molar-refractivity contribution in [3.8, 4) is 17.0 Å². The molecule has 0 radical (unpaired) electrons. The second kappa shape index (κ2) is 15.0. The summed E-state index contributed by atoms with van der Waals surface area (Å²) in [4.78, 5) is 0. The highest BCUT2D eigenvalue weighted by molar-refractivity contribution is 5.59. The van der Waals surface area contributed by atoms with Gasteiger partial charge in [0.2, 0.25) is 0 Å². The maximum absolute atomic E-state index is 5.88. The van der Waals surface area contributed by atoms with Crippen LogP contribution in [0.3, 0.4) is 0 Å². The molecular weight excluding hydrogens is 356 g/mol. The average molecular weight is 397 g/mol. The van der Waals surface area contributed by atoms with Crippen molar-refractivity contribution in [2.24, 2.45) is 0 Å². The van der Waals surface area contributed by atoms with Crippen molar-refractivity contribution in [2.75, 3.05) is 6.61 Å². The van der Waals surface area contributed by atoms with E-state index in [1.807, 2.05) is 12.1 Å². The van der Waals surface area contributed by atoms with Crippen molar-refractivity contribution in [3.63, 3.8) is 0 Å². The maximum atomic E-state index is 5.88. The number of hydrogen-bond acceptors (Lipinski definition) is 3. The van der Waals surface area contributed by atoms with Gasteiger partial charge in [-0.3, -0.25) is 0 Å². The van der Waals surface area contributed by atoms with E-state index in [2.05, 4.69) is 48.3 Å². The predicted molar refractivity (Wildman–Crippen MR) is 123 cm³/mol. The lowest BCUT2D eigenvalue weighted by molar-refractivity contribution is 0.304. The van der Waals surface area contributed by atoms with Gasteiger partial charge in [-0.15, -0.1) is 0 Å². The van der Waals surface area contributed by atoms with Gasteiger partial charge in [0.15, 0.2) is 0 Å². The Kier molecular flexibility index (Phi) is 12.1.